The van der Waals surface area contributed by atoms with Crippen molar-refractivity contribution in [2.45, 2.75) is 12.8 Å². The van der Waals surface area contributed by atoms with E-state index in [2.05, 4.69) is 5.32 Å². The summed E-state index contributed by atoms with van der Waals surface area (Å²) in [6, 6.07) is 6.51. The summed E-state index contributed by atoms with van der Waals surface area (Å²) in [5, 5.41) is 2.79. The van der Waals surface area contributed by atoms with Gasteiger partial charge in [-0.25, -0.2) is 9.18 Å². The highest BCUT2D eigenvalue weighted by Crippen LogP contribution is 2.06. The number of carbonyl (C=O) groups is 1. The van der Waals surface area contributed by atoms with Gasteiger partial charge in [0.25, 0.3) is 0 Å². The van der Waals surface area contributed by atoms with Crippen molar-refractivity contribution in [2.24, 2.45) is 0 Å². The Bertz CT molecular complexity index is 381. The first-order chi connectivity index (χ1) is 7.75. The van der Waals surface area contributed by atoms with Gasteiger partial charge in [-0.1, -0.05) is 12.1 Å². The van der Waals surface area contributed by atoms with E-state index in [9.17, 15) is 9.18 Å². The number of amides is 2. The lowest BCUT2D eigenvalue weighted by atomic mass is 10.1. The van der Waals surface area contributed by atoms with E-state index in [0.717, 1.165) is 25.1 Å². The van der Waals surface area contributed by atoms with Crippen molar-refractivity contribution in [1.82, 2.24) is 10.2 Å². The third kappa shape index (κ3) is 2.72. The van der Waals surface area contributed by atoms with Crippen molar-refractivity contribution in [2.75, 3.05) is 19.6 Å². The molecule has 86 valence electrons. The van der Waals surface area contributed by atoms with Crippen LogP contribution in [0.15, 0.2) is 24.3 Å². The highest BCUT2D eigenvalue weighted by molar-refractivity contribution is 5.74. The number of nitrogens with zero attached hydrogens (tertiary/aromatic N) is 1. The molecule has 1 fully saturated rings. The molecule has 2 rings (SSSR count). The molecule has 0 aliphatic carbocycles. The molecule has 1 aromatic carbocycles. The fraction of sp³-hybridized carbons (Fsp3) is 0.417. The molecule has 1 heterocycles. The second-order valence-electron chi connectivity index (χ2n) is 3.95. The zero-order valence-electron chi connectivity index (χ0n) is 9.08. The molecule has 2 amide bonds. The number of urea groups is 1. The van der Waals surface area contributed by atoms with Crippen molar-refractivity contribution in [1.29, 1.82) is 0 Å². The predicted octanol–water partition coefficient (Wildman–Crippen LogP) is 1.78. The molecule has 0 spiro atoms. The van der Waals surface area contributed by atoms with E-state index in [1.807, 2.05) is 6.07 Å². The number of hydrogen-bond acceptors (Lipinski definition) is 1. The highest BCUT2D eigenvalue weighted by Gasteiger charge is 2.16. The maximum absolute atomic E-state index is 12.9. The summed E-state index contributed by atoms with van der Waals surface area (Å²) in [6.07, 6.45) is 1.68. The maximum atomic E-state index is 12.9. The average molecular weight is 222 g/mol. The Morgan fingerprint density at radius 3 is 3.06 bits per heavy atom. The van der Waals surface area contributed by atoms with Gasteiger partial charge in [-0.2, -0.15) is 0 Å². The lowest BCUT2D eigenvalue weighted by Gasteiger charge is -2.27. The first-order valence-corrected chi connectivity index (χ1v) is 5.53. The van der Waals surface area contributed by atoms with Crippen molar-refractivity contribution < 1.29 is 9.18 Å². The monoisotopic (exact) mass is 222 g/mol. The molecule has 0 atom stereocenters. The zero-order chi connectivity index (χ0) is 11.4. The molecule has 0 aromatic heterocycles. The van der Waals surface area contributed by atoms with Crippen LogP contribution in [0.5, 0.6) is 0 Å². The van der Waals surface area contributed by atoms with Crippen LogP contribution in [-0.4, -0.2) is 30.6 Å². The molecule has 1 aliphatic heterocycles. The van der Waals surface area contributed by atoms with E-state index in [4.69, 9.17) is 0 Å². The van der Waals surface area contributed by atoms with Crippen LogP contribution in [0.4, 0.5) is 9.18 Å². The summed E-state index contributed by atoms with van der Waals surface area (Å²) in [5.41, 5.74) is 0.929. The topological polar surface area (TPSA) is 32.3 Å². The number of nitrogens with one attached hydrogen (secondary N) is 1. The normalized spacial score (nSPS) is 16.1. The Balaban J connectivity index is 1.89. The molecular formula is C12H15FN2O. The largest absolute Gasteiger partial charge is 0.338 e. The lowest BCUT2D eigenvalue weighted by molar-refractivity contribution is 0.187. The lowest BCUT2D eigenvalue weighted by Crippen LogP contribution is -2.47. The summed E-state index contributed by atoms with van der Waals surface area (Å²) < 4.78 is 12.9. The Kier molecular flexibility index (Phi) is 3.39. The van der Waals surface area contributed by atoms with E-state index in [-0.39, 0.29) is 11.8 Å². The van der Waals surface area contributed by atoms with Crippen LogP contribution >= 0.6 is 0 Å². The third-order valence-corrected chi connectivity index (χ3v) is 2.73. The van der Waals surface area contributed by atoms with Gasteiger partial charge in [0.05, 0.1) is 0 Å². The van der Waals surface area contributed by atoms with E-state index in [1.165, 1.54) is 12.1 Å². The standard InChI is InChI=1S/C12H15FN2O/c13-11-4-1-3-10(9-11)5-8-15-7-2-6-14-12(15)16/h1,3-4,9H,2,5-8H2,(H,14,16). The van der Waals surface area contributed by atoms with Crippen molar-refractivity contribution in [3.05, 3.63) is 35.6 Å². The van der Waals surface area contributed by atoms with Gasteiger partial charge in [-0.3, -0.25) is 0 Å². The molecule has 1 aromatic rings. The van der Waals surface area contributed by atoms with E-state index in [1.54, 1.807) is 11.0 Å². The number of benzene rings is 1. The van der Waals surface area contributed by atoms with Gasteiger partial charge in [0.15, 0.2) is 0 Å². The minimum Gasteiger partial charge on any atom is -0.338 e. The van der Waals surface area contributed by atoms with Gasteiger partial charge in [0, 0.05) is 19.6 Å². The van der Waals surface area contributed by atoms with Crippen LogP contribution in [-0.2, 0) is 6.42 Å². The Morgan fingerprint density at radius 1 is 1.44 bits per heavy atom. The SMILES string of the molecule is O=C1NCCCN1CCc1cccc(F)c1. The second kappa shape index (κ2) is 4.96. The first kappa shape index (κ1) is 10.9. The molecule has 4 heteroatoms. The Hall–Kier alpha value is -1.58. The number of hydrogen-bond donors (Lipinski definition) is 1. The molecule has 1 N–H and O–H groups in total. The second-order valence-corrected chi connectivity index (χ2v) is 3.95. The molecule has 3 nitrogen and oxygen atoms in total. The zero-order valence-corrected chi connectivity index (χ0v) is 9.08. The molecule has 1 aliphatic rings. The van der Waals surface area contributed by atoms with Crippen molar-refractivity contribution >= 4 is 6.03 Å². The Morgan fingerprint density at radius 2 is 2.31 bits per heavy atom. The van der Waals surface area contributed by atoms with Crippen LogP contribution < -0.4 is 5.32 Å². The van der Waals surface area contributed by atoms with E-state index < -0.39 is 0 Å². The van der Waals surface area contributed by atoms with Crippen molar-refractivity contribution in [3.63, 3.8) is 0 Å². The number of carbonyl (C=O) groups excluding carboxylic acids is 1. The van der Waals surface area contributed by atoms with E-state index in [0.29, 0.717) is 13.0 Å². The fourth-order valence-electron chi connectivity index (χ4n) is 1.85. The van der Waals surface area contributed by atoms with Gasteiger partial charge < -0.3 is 10.2 Å². The molecule has 0 radical (unpaired) electrons. The minimum atomic E-state index is -0.222. The molecular weight excluding hydrogens is 207 g/mol. The molecule has 0 saturated carbocycles. The Labute approximate surface area is 94.3 Å². The van der Waals surface area contributed by atoms with Crippen molar-refractivity contribution in [3.8, 4) is 0 Å². The quantitative estimate of drug-likeness (QED) is 0.830. The van der Waals surface area contributed by atoms with Gasteiger partial charge >= 0.3 is 6.03 Å². The summed E-state index contributed by atoms with van der Waals surface area (Å²) in [4.78, 5) is 13.2. The van der Waals surface area contributed by atoms with Gasteiger partial charge in [0.1, 0.15) is 5.82 Å². The summed E-state index contributed by atoms with van der Waals surface area (Å²) >= 11 is 0. The summed E-state index contributed by atoms with van der Waals surface area (Å²) in [5.74, 6) is -0.222. The molecule has 0 bridgehead atoms. The van der Waals surface area contributed by atoms with Gasteiger partial charge in [-0.15, -0.1) is 0 Å². The van der Waals surface area contributed by atoms with Gasteiger partial charge in [0.2, 0.25) is 0 Å². The fourth-order valence-corrected chi connectivity index (χ4v) is 1.85. The minimum absolute atomic E-state index is 0.0114. The van der Waals surface area contributed by atoms with Crippen LogP contribution in [0.25, 0.3) is 0 Å². The summed E-state index contributed by atoms with van der Waals surface area (Å²) in [6.45, 7) is 2.20. The molecule has 1 saturated heterocycles. The predicted molar refractivity (Wildman–Crippen MR) is 59.7 cm³/mol. The summed E-state index contributed by atoms with van der Waals surface area (Å²) in [7, 11) is 0. The van der Waals surface area contributed by atoms with Crippen LogP contribution in [0.3, 0.4) is 0 Å². The van der Waals surface area contributed by atoms with Crippen LogP contribution in [0.1, 0.15) is 12.0 Å². The highest BCUT2D eigenvalue weighted by atomic mass is 19.1. The van der Waals surface area contributed by atoms with E-state index >= 15 is 0 Å². The van der Waals surface area contributed by atoms with Gasteiger partial charge in [-0.05, 0) is 30.5 Å². The molecule has 16 heavy (non-hydrogen) atoms. The van der Waals surface area contributed by atoms with Crippen LogP contribution in [0.2, 0.25) is 0 Å². The first-order valence-electron chi connectivity index (χ1n) is 5.53. The third-order valence-electron chi connectivity index (χ3n) is 2.73. The average Bonchev–Trinajstić information content (AvgIpc) is 2.28. The molecule has 0 unspecified atom stereocenters. The number of halogens is 1. The van der Waals surface area contributed by atoms with Crippen LogP contribution in [0, 0.1) is 5.82 Å². The smallest absolute Gasteiger partial charge is 0.317 e. The maximum Gasteiger partial charge on any atom is 0.317 e. The number of rotatable bonds is 3.